The lowest BCUT2D eigenvalue weighted by atomic mass is 10.1. The van der Waals surface area contributed by atoms with Crippen LogP contribution in [0.25, 0.3) is 10.8 Å². The quantitative estimate of drug-likeness (QED) is 0.799. The van der Waals surface area contributed by atoms with E-state index in [-0.39, 0.29) is 18.3 Å². The van der Waals surface area contributed by atoms with Gasteiger partial charge >= 0.3 is 0 Å². The van der Waals surface area contributed by atoms with Crippen LogP contribution in [0.1, 0.15) is 0 Å². The van der Waals surface area contributed by atoms with Crippen LogP contribution >= 0.6 is 35.8 Å². The zero-order chi connectivity index (χ0) is 15.2. The molecular formula is C16H20Cl2N2OS. The molecule has 6 heteroatoms. The Morgan fingerprint density at radius 3 is 2.64 bits per heavy atom. The predicted molar refractivity (Wildman–Crippen MR) is 98.5 cm³/mol. The van der Waals surface area contributed by atoms with Crippen molar-refractivity contribution in [1.82, 2.24) is 10.2 Å². The maximum atomic E-state index is 12.1. The van der Waals surface area contributed by atoms with E-state index in [1.54, 1.807) is 4.90 Å². The predicted octanol–water partition coefficient (Wildman–Crippen LogP) is 3.68. The van der Waals surface area contributed by atoms with Crippen molar-refractivity contribution < 1.29 is 4.79 Å². The molecule has 0 unspecified atom stereocenters. The molecule has 0 aliphatic heterocycles. The first kappa shape index (κ1) is 19.1. The minimum absolute atomic E-state index is 0. The second-order valence-corrected chi connectivity index (χ2v) is 6.23. The first-order chi connectivity index (χ1) is 10.1. The SMILES string of the molecule is CNCCN(C)C(=O)CSc1cccc2cccc(Cl)c12.Cl. The van der Waals surface area contributed by atoms with Crippen LogP contribution in [0.4, 0.5) is 0 Å². The maximum Gasteiger partial charge on any atom is 0.232 e. The molecule has 0 aliphatic rings. The highest BCUT2D eigenvalue weighted by molar-refractivity contribution is 8.00. The van der Waals surface area contributed by atoms with Crippen molar-refractivity contribution in [1.29, 1.82) is 0 Å². The van der Waals surface area contributed by atoms with E-state index in [4.69, 9.17) is 11.6 Å². The minimum Gasteiger partial charge on any atom is -0.344 e. The molecule has 0 spiro atoms. The van der Waals surface area contributed by atoms with E-state index in [1.807, 2.05) is 50.5 Å². The van der Waals surface area contributed by atoms with Gasteiger partial charge in [-0.1, -0.05) is 35.9 Å². The van der Waals surface area contributed by atoms with E-state index < -0.39 is 0 Å². The van der Waals surface area contributed by atoms with Gasteiger partial charge in [0.2, 0.25) is 5.91 Å². The standard InChI is InChI=1S/C16H19ClN2OS.ClH/c1-18-9-10-19(2)15(20)11-21-14-8-4-6-12-5-3-7-13(17)16(12)14;/h3-8,18H,9-11H2,1-2H3;1H. The number of rotatable bonds is 6. The lowest BCUT2D eigenvalue weighted by Crippen LogP contribution is -2.33. The molecule has 0 saturated heterocycles. The largest absolute Gasteiger partial charge is 0.344 e. The number of likely N-dealkylation sites (N-methyl/N-ethyl adjacent to an activating group) is 2. The normalized spacial score (nSPS) is 10.3. The second kappa shape index (κ2) is 9.26. The molecule has 0 aromatic heterocycles. The molecular weight excluding hydrogens is 339 g/mol. The van der Waals surface area contributed by atoms with Crippen LogP contribution in [0, 0.1) is 0 Å². The summed E-state index contributed by atoms with van der Waals surface area (Å²) in [4.78, 5) is 14.9. The van der Waals surface area contributed by atoms with Gasteiger partial charge in [-0.15, -0.1) is 24.2 Å². The topological polar surface area (TPSA) is 32.3 Å². The van der Waals surface area contributed by atoms with Crippen LogP contribution in [0.5, 0.6) is 0 Å². The van der Waals surface area contributed by atoms with Crippen molar-refractivity contribution in [2.45, 2.75) is 4.90 Å². The van der Waals surface area contributed by atoms with Crippen molar-refractivity contribution in [3.63, 3.8) is 0 Å². The third-order valence-corrected chi connectivity index (χ3v) is 4.65. The lowest BCUT2D eigenvalue weighted by molar-refractivity contribution is -0.127. The number of nitrogens with zero attached hydrogens (tertiary/aromatic N) is 1. The Balaban J connectivity index is 0.00000242. The maximum absolute atomic E-state index is 12.1. The highest BCUT2D eigenvalue weighted by atomic mass is 35.5. The number of carbonyl (C=O) groups is 1. The summed E-state index contributed by atoms with van der Waals surface area (Å²) < 4.78 is 0. The molecule has 22 heavy (non-hydrogen) atoms. The van der Waals surface area contributed by atoms with Crippen LogP contribution in [-0.4, -0.2) is 43.7 Å². The fourth-order valence-corrected chi connectivity index (χ4v) is 3.42. The van der Waals surface area contributed by atoms with Crippen molar-refractivity contribution in [2.75, 3.05) is 32.9 Å². The molecule has 120 valence electrons. The Morgan fingerprint density at radius 1 is 1.27 bits per heavy atom. The Kier molecular flexibility index (Phi) is 8.04. The average molecular weight is 359 g/mol. The van der Waals surface area contributed by atoms with Crippen LogP contribution in [0.3, 0.4) is 0 Å². The summed E-state index contributed by atoms with van der Waals surface area (Å²) in [5.41, 5.74) is 0. The van der Waals surface area contributed by atoms with Crippen LogP contribution < -0.4 is 5.32 Å². The fraction of sp³-hybridized carbons (Fsp3) is 0.312. The van der Waals surface area contributed by atoms with E-state index in [9.17, 15) is 4.79 Å². The molecule has 1 amide bonds. The Hall–Kier alpha value is -0.940. The number of nitrogens with one attached hydrogen (secondary N) is 1. The van der Waals surface area contributed by atoms with Gasteiger partial charge in [0.15, 0.2) is 0 Å². The fourth-order valence-electron chi connectivity index (χ4n) is 2.04. The van der Waals surface area contributed by atoms with Crippen molar-refractivity contribution in [3.05, 3.63) is 41.4 Å². The molecule has 0 saturated carbocycles. The van der Waals surface area contributed by atoms with Crippen molar-refractivity contribution in [3.8, 4) is 0 Å². The summed E-state index contributed by atoms with van der Waals surface area (Å²) >= 11 is 7.83. The minimum atomic E-state index is 0. The molecule has 0 fully saturated rings. The number of hydrogen-bond acceptors (Lipinski definition) is 3. The third-order valence-electron chi connectivity index (χ3n) is 3.29. The number of carbonyl (C=O) groups excluding carboxylic acids is 1. The summed E-state index contributed by atoms with van der Waals surface area (Å²) in [5, 5.41) is 5.89. The number of hydrogen-bond donors (Lipinski definition) is 1. The highest BCUT2D eigenvalue weighted by Crippen LogP contribution is 2.33. The third kappa shape index (κ3) is 4.78. The number of benzene rings is 2. The van der Waals surface area contributed by atoms with Crippen LogP contribution in [0.2, 0.25) is 5.02 Å². The lowest BCUT2D eigenvalue weighted by Gasteiger charge is -2.17. The van der Waals surface area contributed by atoms with E-state index in [2.05, 4.69) is 5.32 Å². The number of fused-ring (bicyclic) bond motifs is 1. The molecule has 2 rings (SSSR count). The van der Waals surface area contributed by atoms with Gasteiger partial charge in [-0.2, -0.15) is 0 Å². The molecule has 0 bridgehead atoms. The monoisotopic (exact) mass is 358 g/mol. The average Bonchev–Trinajstić information content (AvgIpc) is 2.50. The van der Waals surface area contributed by atoms with Gasteiger partial charge < -0.3 is 10.2 Å². The van der Waals surface area contributed by atoms with Gasteiger partial charge in [0.25, 0.3) is 0 Å². The second-order valence-electron chi connectivity index (χ2n) is 4.80. The zero-order valence-corrected chi connectivity index (χ0v) is 15.0. The van der Waals surface area contributed by atoms with Gasteiger partial charge in [0.1, 0.15) is 0 Å². The van der Waals surface area contributed by atoms with Crippen molar-refractivity contribution >= 4 is 52.4 Å². The van der Waals surface area contributed by atoms with E-state index in [1.165, 1.54) is 11.8 Å². The molecule has 3 nitrogen and oxygen atoms in total. The first-order valence-electron chi connectivity index (χ1n) is 6.82. The van der Waals surface area contributed by atoms with E-state index >= 15 is 0 Å². The van der Waals surface area contributed by atoms with Gasteiger partial charge in [-0.25, -0.2) is 0 Å². The summed E-state index contributed by atoms with van der Waals surface area (Å²) in [6.07, 6.45) is 0. The number of thioether (sulfide) groups is 1. The Bertz CT molecular complexity index is 631. The van der Waals surface area contributed by atoms with Gasteiger partial charge in [-0.3, -0.25) is 4.79 Å². The highest BCUT2D eigenvalue weighted by Gasteiger charge is 2.11. The van der Waals surface area contributed by atoms with Crippen LogP contribution in [-0.2, 0) is 4.79 Å². The van der Waals surface area contributed by atoms with Gasteiger partial charge in [0, 0.05) is 35.4 Å². The molecule has 2 aromatic carbocycles. The smallest absolute Gasteiger partial charge is 0.232 e. The molecule has 0 aliphatic carbocycles. The number of halogens is 2. The molecule has 1 N–H and O–H groups in total. The Labute approximate surface area is 146 Å². The first-order valence-corrected chi connectivity index (χ1v) is 8.18. The van der Waals surface area contributed by atoms with Gasteiger partial charge in [-0.05, 0) is 24.6 Å². The van der Waals surface area contributed by atoms with Gasteiger partial charge in [0.05, 0.1) is 5.75 Å². The molecule has 2 aromatic rings. The Morgan fingerprint density at radius 2 is 1.95 bits per heavy atom. The molecule has 0 atom stereocenters. The zero-order valence-electron chi connectivity index (χ0n) is 12.6. The summed E-state index contributed by atoms with van der Waals surface area (Å²) in [7, 11) is 3.71. The molecule has 0 heterocycles. The van der Waals surface area contributed by atoms with Crippen LogP contribution in [0.15, 0.2) is 41.3 Å². The summed E-state index contributed by atoms with van der Waals surface area (Å²) in [5.74, 6) is 0.546. The van der Waals surface area contributed by atoms with E-state index in [0.717, 1.165) is 27.2 Å². The summed E-state index contributed by atoms with van der Waals surface area (Å²) in [6, 6.07) is 11.9. The number of amides is 1. The summed E-state index contributed by atoms with van der Waals surface area (Å²) in [6.45, 7) is 1.51. The molecule has 0 radical (unpaired) electrons. The van der Waals surface area contributed by atoms with E-state index in [0.29, 0.717) is 12.3 Å². The van der Waals surface area contributed by atoms with Crippen molar-refractivity contribution in [2.24, 2.45) is 0 Å².